The molecule has 108 valence electrons. The van der Waals surface area contributed by atoms with Crippen molar-refractivity contribution in [2.75, 3.05) is 26.2 Å². The number of rotatable bonds is 2. The van der Waals surface area contributed by atoms with Crippen LogP contribution in [0, 0.1) is 0 Å². The van der Waals surface area contributed by atoms with Gasteiger partial charge >= 0.3 is 12.0 Å². The first-order valence-corrected chi connectivity index (χ1v) is 6.80. The van der Waals surface area contributed by atoms with Crippen LogP contribution in [0.25, 0.3) is 0 Å². The summed E-state index contributed by atoms with van der Waals surface area (Å²) in [6.07, 6.45) is 1.61. The van der Waals surface area contributed by atoms with Gasteiger partial charge < -0.3 is 19.6 Å². The number of aliphatic carboxylic acids is 1. The number of urea groups is 1. The van der Waals surface area contributed by atoms with E-state index >= 15 is 0 Å². The molecule has 0 aromatic carbocycles. The zero-order valence-corrected chi connectivity index (χ0v) is 11.6. The van der Waals surface area contributed by atoms with Gasteiger partial charge in [0.15, 0.2) is 0 Å². The molecular formula is C13H22N2O4. The van der Waals surface area contributed by atoms with Crippen molar-refractivity contribution in [2.24, 2.45) is 0 Å². The molecule has 1 atom stereocenters. The van der Waals surface area contributed by atoms with Crippen LogP contribution in [0.5, 0.6) is 0 Å². The highest BCUT2D eigenvalue weighted by molar-refractivity contribution is 5.76. The summed E-state index contributed by atoms with van der Waals surface area (Å²) in [6.45, 7) is 6.27. The predicted octanol–water partition coefficient (Wildman–Crippen LogP) is 1.16. The Labute approximate surface area is 113 Å². The van der Waals surface area contributed by atoms with Gasteiger partial charge in [-0.1, -0.05) is 0 Å². The Kier molecular flexibility index (Phi) is 3.99. The summed E-state index contributed by atoms with van der Waals surface area (Å²) in [5.74, 6) is -0.888. The number of carboxylic acids is 1. The molecule has 2 heterocycles. The van der Waals surface area contributed by atoms with E-state index in [1.807, 2.05) is 4.90 Å². The molecule has 2 aliphatic rings. The molecule has 1 unspecified atom stereocenters. The molecule has 2 fully saturated rings. The molecule has 2 saturated heterocycles. The number of ether oxygens (including phenoxy) is 1. The van der Waals surface area contributed by atoms with E-state index in [-0.39, 0.29) is 24.1 Å². The summed E-state index contributed by atoms with van der Waals surface area (Å²) in [4.78, 5) is 26.8. The van der Waals surface area contributed by atoms with Gasteiger partial charge in [0.25, 0.3) is 0 Å². The van der Waals surface area contributed by atoms with E-state index in [0.717, 1.165) is 19.4 Å². The van der Waals surface area contributed by atoms with Gasteiger partial charge in [0, 0.05) is 25.2 Å². The van der Waals surface area contributed by atoms with Gasteiger partial charge in [-0.25, -0.2) is 4.79 Å². The Bertz CT molecular complexity index is 370. The highest BCUT2D eigenvalue weighted by Crippen LogP contribution is 2.29. The van der Waals surface area contributed by atoms with Gasteiger partial charge in [0.1, 0.15) is 0 Å². The standard InChI is InChI=1S/C13H22N2O4/c1-13(2)4-3-5-15(13)12(18)14-6-7-19-10(9-14)8-11(16)17/h10H,3-9H2,1-2H3,(H,16,17). The third-order valence-corrected chi connectivity index (χ3v) is 3.94. The van der Waals surface area contributed by atoms with Crippen molar-refractivity contribution < 1.29 is 19.4 Å². The Balaban J connectivity index is 1.97. The highest BCUT2D eigenvalue weighted by Gasteiger charge is 2.38. The first kappa shape index (κ1) is 14.1. The molecule has 6 nitrogen and oxygen atoms in total. The van der Waals surface area contributed by atoms with E-state index in [0.29, 0.717) is 19.7 Å². The summed E-state index contributed by atoms with van der Waals surface area (Å²) in [6, 6.07) is 0.0150. The van der Waals surface area contributed by atoms with Crippen LogP contribution in [0.2, 0.25) is 0 Å². The number of carbonyl (C=O) groups excluding carboxylic acids is 1. The van der Waals surface area contributed by atoms with Gasteiger partial charge in [-0.05, 0) is 26.7 Å². The van der Waals surface area contributed by atoms with Crippen molar-refractivity contribution in [1.82, 2.24) is 9.80 Å². The fraction of sp³-hybridized carbons (Fsp3) is 0.846. The number of carboxylic acid groups (broad SMARTS) is 1. The van der Waals surface area contributed by atoms with E-state index in [1.165, 1.54) is 0 Å². The minimum atomic E-state index is -0.888. The molecule has 6 heteroatoms. The fourth-order valence-corrected chi connectivity index (χ4v) is 2.84. The number of likely N-dealkylation sites (tertiary alicyclic amines) is 1. The number of amides is 2. The van der Waals surface area contributed by atoms with Crippen molar-refractivity contribution in [1.29, 1.82) is 0 Å². The molecule has 0 aromatic heterocycles. The fourth-order valence-electron chi connectivity index (χ4n) is 2.84. The zero-order chi connectivity index (χ0) is 14.0. The molecule has 2 rings (SSSR count). The molecule has 19 heavy (non-hydrogen) atoms. The van der Waals surface area contributed by atoms with Crippen molar-refractivity contribution >= 4 is 12.0 Å². The molecule has 0 aliphatic carbocycles. The molecule has 0 spiro atoms. The average Bonchev–Trinajstić information content (AvgIpc) is 2.67. The number of morpholine rings is 1. The SMILES string of the molecule is CC1(C)CCCN1C(=O)N1CCOC(CC(=O)O)C1. The van der Waals surface area contributed by atoms with Crippen molar-refractivity contribution in [2.45, 2.75) is 44.8 Å². The number of carbonyl (C=O) groups is 2. The molecule has 2 amide bonds. The normalized spacial score (nSPS) is 26.5. The lowest BCUT2D eigenvalue weighted by atomic mass is 10.0. The van der Waals surface area contributed by atoms with Gasteiger partial charge in [-0.15, -0.1) is 0 Å². The molecule has 0 saturated carbocycles. The van der Waals surface area contributed by atoms with Crippen LogP contribution in [0.4, 0.5) is 4.79 Å². The second-order valence-electron chi connectivity index (χ2n) is 5.89. The summed E-state index contributed by atoms with van der Waals surface area (Å²) >= 11 is 0. The van der Waals surface area contributed by atoms with Crippen LogP contribution in [0.1, 0.15) is 33.1 Å². The largest absolute Gasteiger partial charge is 0.481 e. The third kappa shape index (κ3) is 3.18. The Morgan fingerprint density at radius 2 is 2.11 bits per heavy atom. The minimum absolute atomic E-state index is 0.0150. The van der Waals surface area contributed by atoms with Gasteiger partial charge in [0.05, 0.1) is 19.1 Å². The maximum Gasteiger partial charge on any atom is 0.320 e. The van der Waals surface area contributed by atoms with E-state index < -0.39 is 5.97 Å². The van der Waals surface area contributed by atoms with Crippen LogP contribution in [-0.2, 0) is 9.53 Å². The third-order valence-electron chi connectivity index (χ3n) is 3.94. The molecule has 0 bridgehead atoms. The summed E-state index contributed by atoms with van der Waals surface area (Å²) in [5.41, 5.74) is -0.0995. The van der Waals surface area contributed by atoms with E-state index in [9.17, 15) is 9.59 Å². The highest BCUT2D eigenvalue weighted by atomic mass is 16.5. The number of hydrogen-bond acceptors (Lipinski definition) is 3. The second-order valence-corrected chi connectivity index (χ2v) is 5.89. The Morgan fingerprint density at radius 1 is 1.37 bits per heavy atom. The zero-order valence-electron chi connectivity index (χ0n) is 11.6. The first-order valence-electron chi connectivity index (χ1n) is 6.80. The molecule has 1 N–H and O–H groups in total. The average molecular weight is 270 g/mol. The smallest absolute Gasteiger partial charge is 0.320 e. The minimum Gasteiger partial charge on any atom is -0.481 e. The van der Waals surface area contributed by atoms with Crippen LogP contribution in [0.15, 0.2) is 0 Å². The summed E-state index contributed by atoms with van der Waals surface area (Å²) in [5, 5.41) is 8.79. The molecular weight excluding hydrogens is 248 g/mol. The van der Waals surface area contributed by atoms with Crippen LogP contribution in [0.3, 0.4) is 0 Å². The lowest BCUT2D eigenvalue weighted by Gasteiger charge is -2.39. The maximum atomic E-state index is 12.5. The number of nitrogens with zero attached hydrogens (tertiary/aromatic N) is 2. The lowest BCUT2D eigenvalue weighted by molar-refractivity contribution is -0.141. The van der Waals surface area contributed by atoms with Gasteiger partial charge in [-0.3, -0.25) is 4.79 Å². The Hall–Kier alpha value is -1.30. The van der Waals surface area contributed by atoms with E-state index in [1.54, 1.807) is 4.90 Å². The van der Waals surface area contributed by atoms with Crippen LogP contribution >= 0.6 is 0 Å². The quantitative estimate of drug-likeness (QED) is 0.817. The Morgan fingerprint density at radius 3 is 2.68 bits per heavy atom. The first-order chi connectivity index (χ1) is 8.90. The summed E-state index contributed by atoms with van der Waals surface area (Å²) in [7, 11) is 0. The van der Waals surface area contributed by atoms with Crippen LogP contribution in [-0.4, -0.2) is 64.8 Å². The molecule has 2 aliphatic heterocycles. The maximum absolute atomic E-state index is 12.5. The van der Waals surface area contributed by atoms with Crippen molar-refractivity contribution in [3.8, 4) is 0 Å². The summed E-state index contributed by atoms with van der Waals surface area (Å²) < 4.78 is 5.39. The monoisotopic (exact) mass is 270 g/mol. The van der Waals surface area contributed by atoms with Gasteiger partial charge in [0.2, 0.25) is 0 Å². The topological polar surface area (TPSA) is 70.1 Å². The molecule has 0 aromatic rings. The van der Waals surface area contributed by atoms with Crippen molar-refractivity contribution in [3.05, 3.63) is 0 Å². The predicted molar refractivity (Wildman–Crippen MR) is 69.0 cm³/mol. The molecule has 0 radical (unpaired) electrons. The van der Waals surface area contributed by atoms with Crippen LogP contribution < -0.4 is 0 Å². The van der Waals surface area contributed by atoms with E-state index in [4.69, 9.17) is 9.84 Å². The van der Waals surface area contributed by atoms with Crippen molar-refractivity contribution in [3.63, 3.8) is 0 Å². The lowest BCUT2D eigenvalue weighted by Crippen LogP contribution is -2.54. The van der Waals surface area contributed by atoms with E-state index in [2.05, 4.69) is 13.8 Å². The number of hydrogen-bond donors (Lipinski definition) is 1. The second kappa shape index (κ2) is 5.36. The van der Waals surface area contributed by atoms with Gasteiger partial charge in [-0.2, -0.15) is 0 Å².